The molecule has 3 aromatic carbocycles. The fourth-order valence-corrected chi connectivity index (χ4v) is 4.97. The number of ketones is 1. The molecule has 1 heterocycles. The van der Waals surface area contributed by atoms with Crippen LogP contribution in [0.2, 0.25) is 0 Å². The molecule has 0 saturated heterocycles. The maximum Gasteiger partial charge on any atom is 0.329 e. The third kappa shape index (κ3) is 4.21. The van der Waals surface area contributed by atoms with Crippen LogP contribution in [0, 0.1) is 0 Å². The van der Waals surface area contributed by atoms with Crippen LogP contribution in [-0.2, 0) is 19.7 Å². The first-order valence-corrected chi connectivity index (χ1v) is 11.8. The van der Waals surface area contributed by atoms with Crippen LogP contribution < -0.4 is 33.2 Å². The third-order valence-electron chi connectivity index (χ3n) is 6.74. The predicted octanol–water partition coefficient (Wildman–Crippen LogP) is 3.90. The van der Waals surface area contributed by atoms with E-state index in [9.17, 15) is 9.59 Å². The Morgan fingerprint density at radius 3 is 1.67 bits per heavy atom. The minimum atomic E-state index is -2.08. The molecule has 206 valence electrons. The average Bonchev–Trinajstić information content (AvgIpc) is 2.99. The normalized spacial score (nSPS) is 17.8. The van der Waals surface area contributed by atoms with Crippen LogP contribution in [0.15, 0.2) is 48.5 Å². The van der Waals surface area contributed by atoms with Gasteiger partial charge < -0.3 is 37.9 Å². The first-order valence-electron chi connectivity index (χ1n) is 11.8. The minimum Gasteiger partial charge on any atom is -0.496 e. The molecule has 0 aromatic heterocycles. The molecule has 0 fully saturated rings. The number of para-hydroxylation sites is 1. The predicted molar refractivity (Wildman–Crippen MR) is 140 cm³/mol. The van der Waals surface area contributed by atoms with Crippen LogP contribution in [-0.4, -0.2) is 61.5 Å². The molecule has 0 bridgehead atoms. The quantitative estimate of drug-likeness (QED) is 0.294. The van der Waals surface area contributed by atoms with Gasteiger partial charge in [0.25, 0.3) is 0 Å². The number of Topliss-reactive ketones (excluding diaryl/α,β-unsaturated/α-hetero) is 1. The van der Waals surface area contributed by atoms with Crippen molar-refractivity contribution in [3.63, 3.8) is 0 Å². The van der Waals surface area contributed by atoms with Crippen molar-refractivity contribution in [2.45, 2.75) is 11.5 Å². The molecular formula is C29H30O10. The Kier molecular flexibility index (Phi) is 7.75. The largest absolute Gasteiger partial charge is 0.496 e. The number of carbonyl (C=O) groups is 2. The number of ether oxygens (including phenoxy) is 8. The summed E-state index contributed by atoms with van der Waals surface area (Å²) in [6, 6.07) is 13.1. The van der Waals surface area contributed by atoms with E-state index >= 15 is 0 Å². The standard InChI is InChI=1S/C29H30O10/c1-32-16-12-20(34-3)24(21(13-16)35-4)26-27(30)29(28(31)38-7,18-10-8-9-11-19(18)39-26)25-22(36-5)14-17(33-2)15-23(25)37-6/h8-15,26H,1-7H3. The van der Waals surface area contributed by atoms with E-state index in [0.717, 1.165) is 0 Å². The summed E-state index contributed by atoms with van der Waals surface area (Å²) in [5, 5.41) is 0. The maximum atomic E-state index is 14.9. The highest BCUT2D eigenvalue weighted by Crippen LogP contribution is 2.55. The van der Waals surface area contributed by atoms with Gasteiger partial charge in [0.05, 0.1) is 60.9 Å². The summed E-state index contributed by atoms with van der Waals surface area (Å²) in [6.45, 7) is 0. The molecule has 1 aliphatic rings. The number of rotatable bonds is 9. The smallest absolute Gasteiger partial charge is 0.329 e. The minimum absolute atomic E-state index is 0.136. The zero-order chi connectivity index (χ0) is 28.3. The second-order valence-corrected chi connectivity index (χ2v) is 8.45. The molecule has 39 heavy (non-hydrogen) atoms. The zero-order valence-electron chi connectivity index (χ0n) is 22.8. The fraction of sp³-hybridized carbons (Fsp3) is 0.310. The van der Waals surface area contributed by atoms with Gasteiger partial charge in [0, 0.05) is 29.8 Å². The Hall–Kier alpha value is -4.60. The van der Waals surface area contributed by atoms with E-state index in [0.29, 0.717) is 11.5 Å². The van der Waals surface area contributed by atoms with Crippen molar-refractivity contribution in [2.75, 3.05) is 49.8 Å². The number of benzene rings is 3. The van der Waals surface area contributed by atoms with Crippen LogP contribution >= 0.6 is 0 Å². The molecule has 0 radical (unpaired) electrons. The van der Waals surface area contributed by atoms with E-state index in [2.05, 4.69) is 0 Å². The van der Waals surface area contributed by atoms with Crippen LogP contribution in [0.25, 0.3) is 0 Å². The van der Waals surface area contributed by atoms with Crippen LogP contribution in [0.5, 0.6) is 40.2 Å². The number of hydrogen-bond donors (Lipinski definition) is 0. The third-order valence-corrected chi connectivity index (χ3v) is 6.74. The van der Waals surface area contributed by atoms with Crippen LogP contribution in [0.1, 0.15) is 22.8 Å². The molecule has 10 nitrogen and oxygen atoms in total. The highest BCUT2D eigenvalue weighted by atomic mass is 16.5. The molecule has 0 N–H and O–H groups in total. The second-order valence-electron chi connectivity index (χ2n) is 8.45. The van der Waals surface area contributed by atoms with Crippen LogP contribution in [0.4, 0.5) is 0 Å². The molecule has 0 amide bonds. The molecule has 2 unspecified atom stereocenters. The Bertz CT molecular complexity index is 1350. The summed E-state index contributed by atoms with van der Waals surface area (Å²) < 4.78 is 45.0. The summed E-state index contributed by atoms with van der Waals surface area (Å²) >= 11 is 0. The molecule has 2 atom stereocenters. The Morgan fingerprint density at radius 2 is 1.21 bits per heavy atom. The van der Waals surface area contributed by atoms with Gasteiger partial charge in [-0.1, -0.05) is 18.2 Å². The topological polar surface area (TPSA) is 108 Å². The molecular weight excluding hydrogens is 508 g/mol. The first-order chi connectivity index (χ1) is 18.8. The highest BCUT2D eigenvalue weighted by molar-refractivity contribution is 6.17. The van der Waals surface area contributed by atoms with Crippen molar-refractivity contribution in [3.8, 4) is 40.2 Å². The molecule has 4 rings (SSSR count). The molecule has 0 saturated carbocycles. The van der Waals surface area contributed by atoms with E-state index in [1.807, 2.05) is 0 Å². The van der Waals surface area contributed by atoms with Crippen molar-refractivity contribution in [1.82, 2.24) is 0 Å². The molecule has 10 heteroatoms. The lowest BCUT2D eigenvalue weighted by Crippen LogP contribution is -2.52. The number of hydrogen-bond acceptors (Lipinski definition) is 10. The Balaban J connectivity index is 2.15. The number of carbonyl (C=O) groups excluding carboxylic acids is 2. The lowest BCUT2D eigenvalue weighted by molar-refractivity contribution is -0.153. The molecule has 1 aliphatic heterocycles. The summed E-state index contributed by atoms with van der Waals surface area (Å²) in [4.78, 5) is 28.9. The SMILES string of the molecule is COC(=O)C1(c2c(OC)cc(OC)cc2OC)C(=O)C(c2c(OC)cc(OC)cc2OC)Oc2ccccc21. The number of fused-ring (bicyclic) bond motifs is 1. The Morgan fingerprint density at radius 1 is 0.718 bits per heavy atom. The summed E-state index contributed by atoms with van der Waals surface area (Å²) in [5.41, 5.74) is -1.42. The van der Waals surface area contributed by atoms with E-state index in [1.54, 1.807) is 48.5 Å². The van der Waals surface area contributed by atoms with Gasteiger partial charge in [-0.25, -0.2) is 0 Å². The lowest BCUT2D eigenvalue weighted by atomic mass is 9.66. The average molecular weight is 539 g/mol. The van der Waals surface area contributed by atoms with Gasteiger partial charge in [0.15, 0.2) is 11.5 Å². The molecule has 0 spiro atoms. The van der Waals surface area contributed by atoms with Gasteiger partial charge in [-0.15, -0.1) is 0 Å². The van der Waals surface area contributed by atoms with Crippen molar-refractivity contribution >= 4 is 11.8 Å². The van der Waals surface area contributed by atoms with Crippen molar-refractivity contribution < 1.29 is 47.5 Å². The van der Waals surface area contributed by atoms with Gasteiger partial charge >= 0.3 is 5.97 Å². The van der Waals surface area contributed by atoms with E-state index in [4.69, 9.17) is 37.9 Å². The summed E-state index contributed by atoms with van der Waals surface area (Å²) in [7, 11) is 9.93. The molecule has 3 aromatic rings. The summed E-state index contributed by atoms with van der Waals surface area (Å²) in [6.07, 6.45) is -1.37. The van der Waals surface area contributed by atoms with Crippen molar-refractivity contribution in [3.05, 3.63) is 65.2 Å². The summed E-state index contributed by atoms with van der Waals surface area (Å²) in [5.74, 6) is 0.449. The zero-order valence-corrected chi connectivity index (χ0v) is 22.8. The van der Waals surface area contributed by atoms with Crippen molar-refractivity contribution in [1.29, 1.82) is 0 Å². The van der Waals surface area contributed by atoms with Crippen molar-refractivity contribution in [2.24, 2.45) is 0 Å². The first kappa shape index (κ1) is 27.4. The van der Waals surface area contributed by atoms with E-state index in [-0.39, 0.29) is 45.4 Å². The second kappa shape index (κ2) is 11.0. The lowest BCUT2D eigenvalue weighted by Gasteiger charge is -2.40. The highest BCUT2D eigenvalue weighted by Gasteiger charge is 2.61. The van der Waals surface area contributed by atoms with Gasteiger partial charge in [0.1, 0.15) is 40.2 Å². The van der Waals surface area contributed by atoms with Gasteiger partial charge in [-0.2, -0.15) is 0 Å². The van der Waals surface area contributed by atoms with Gasteiger partial charge in [-0.3, -0.25) is 9.59 Å². The monoisotopic (exact) mass is 538 g/mol. The van der Waals surface area contributed by atoms with Crippen LogP contribution in [0.3, 0.4) is 0 Å². The van der Waals surface area contributed by atoms with E-state index < -0.39 is 23.3 Å². The number of methoxy groups -OCH3 is 7. The van der Waals surface area contributed by atoms with E-state index in [1.165, 1.54) is 49.8 Å². The Labute approximate surface area is 226 Å². The maximum absolute atomic E-state index is 14.9. The fourth-order valence-electron chi connectivity index (χ4n) is 4.97. The molecule has 0 aliphatic carbocycles. The van der Waals surface area contributed by atoms with Gasteiger partial charge in [0.2, 0.25) is 5.78 Å². The number of esters is 1. The van der Waals surface area contributed by atoms with Gasteiger partial charge in [-0.05, 0) is 6.07 Å².